The van der Waals surface area contributed by atoms with Crippen LogP contribution in [0.2, 0.25) is 0 Å². The number of carbonyl (C=O) groups excluding carboxylic acids is 1. The number of carboxylic acid groups (broad SMARTS) is 1. The number of hydrogen-bond acceptors (Lipinski definition) is 3. The lowest BCUT2D eigenvalue weighted by atomic mass is 9.83. The van der Waals surface area contributed by atoms with Crippen molar-refractivity contribution in [3.05, 3.63) is 0 Å². The Morgan fingerprint density at radius 2 is 1.74 bits per heavy atom. The van der Waals surface area contributed by atoms with E-state index in [9.17, 15) is 14.7 Å². The van der Waals surface area contributed by atoms with Crippen molar-refractivity contribution >= 4 is 11.9 Å². The third-order valence-electron chi connectivity index (χ3n) is 4.59. The minimum absolute atomic E-state index is 0.0767. The second-order valence-corrected chi connectivity index (χ2v) is 5.92. The molecule has 3 atom stereocenters. The molecule has 0 heterocycles. The van der Waals surface area contributed by atoms with Crippen molar-refractivity contribution in [1.82, 2.24) is 5.32 Å². The lowest BCUT2D eigenvalue weighted by Crippen LogP contribution is -2.50. The number of aliphatic carboxylic acids is 1. The van der Waals surface area contributed by atoms with Gasteiger partial charge in [0.2, 0.25) is 5.91 Å². The van der Waals surface area contributed by atoms with Gasteiger partial charge in [-0.1, -0.05) is 25.7 Å². The Morgan fingerprint density at radius 3 is 2.26 bits per heavy atom. The number of carboxylic acids is 1. The fraction of sp³-hybridized carbons (Fsp3) is 0.857. The topological polar surface area (TPSA) is 92.4 Å². The Balaban J connectivity index is 1.95. The van der Waals surface area contributed by atoms with E-state index < -0.39 is 12.0 Å². The zero-order chi connectivity index (χ0) is 13.8. The largest absolute Gasteiger partial charge is 0.480 e. The molecule has 2 rings (SSSR count). The molecule has 0 aliphatic heterocycles. The summed E-state index contributed by atoms with van der Waals surface area (Å²) in [5.41, 5.74) is 5.90. The summed E-state index contributed by atoms with van der Waals surface area (Å²) >= 11 is 0. The van der Waals surface area contributed by atoms with Crippen LogP contribution in [0, 0.1) is 11.8 Å². The van der Waals surface area contributed by atoms with Crippen molar-refractivity contribution in [2.75, 3.05) is 0 Å². The van der Waals surface area contributed by atoms with Crippen LogP contribution in [0.4, 0.5) is 0 Å². The van der Waals surface area contributed by atoms with Gasteiger partial charge in [0.15, 0.2) is 0 Å². The standard InChI is InChI=1S/C14H24N2O3/c15-11-8-4-7-10(11)13(17)16-12(14(18)19)9-5-2-1-3-6-9/h9-12H,1-8,15H2,(H,16,17)(H,18,19). The van der Waals surface area contributed by atoms with Gasteiger partial charge in [0.25, 0.3) is 0 Å². The number of amides is 1. The number of nitrogens with one attached hydrogen (secondary N) is 1. The third kappa shape index (κ3) is 3.47. The van der Waals surface area contributed by atoms with Gasteiger partial charge < -0.3 is 16.2 Å². The smallest absolute Gasteiger partial charge is 0.326 e. The van der Waals surface area contributed by atoms with Gasteiger partial charge in [-0.05, 0) is 31.6 Å². The van der Waals surface area contributed by atoms with Gasteiger partial charge in [-0.15, -0.1) is 0 Å². The van der Waals surface area contributed by atoms with E-state index in [4.69, 9.17) is 5.73 Å². The molecule has 5 heteroatoms. The lowest BCUT2D eigenvalue weighted by molar-refractivity contribution is -0.144. The highest BCUT2D eigenvalue weighted by atomic mass is 16.4. The van der Waals surface area contributed by atoms with Crippen molar-refractivity contribution < 1.29 is 14.7 Å². The Hall–Kier alpha value is -1.10. The molecule has 0 aromatic rings. The van der Waals surface area contributed by atoms with Crippen LogP contribution in [0.3, 0.4) is 0 Å². The van der Waals surface area contributed by atoms with E-state index >= 15 is 0 Å². The summed E-state index contributed by atoms with van der Waals surface area (Å²) in [4.78, 5) is 23.5. The summed E-state index contributed by atoms with van der Waals surface area (Å²) in [7, 11) is 0. The molecule has 2 aliphatic carbocycles. The Morgan fingerprint density at radius 1 is 1.05 bits per heavy atom. The van der Waals surface area contributed by atoms with Gasteiger partial charge >= 0.3 is 5.97 Å². The van der Waals surface area contributed by atoms with Crippen molar-refractivity contribution in [1.29, 1.82) is 0 Å². The van der Waals surface area contributed by atoms with Crippen LogP contribution in [0.15, 0.2) is 0 Å². The summed E-state index contributed by atoms with van der Waals surface area (Å²) in [5, 5.41) is 12.1. The third-order valence-corrected chi connectivity index (χ3v) is 4.59. The summed E-state index contributed by atoms with van der Waals surface area (Å²) < 4.78 is 0. The minimum atomic E-state index is -0.910. The maximum absolute atomic E-state index is 12.2. The average molecular weight is 268 g/mol. The summed E-state index contributed by atoms with van der Waals surface area (Å²) in [6.45, 7) is 0. The zero-order valence-corrected chi connectivity index (χ0v) is 11.3. The van der Waals surface area contributed by atoms with Crippen molar-refractivity contribution in [2.24, 2.45) is 17.6 Å². The Labute approximate surface area is 113 Å². The van der Waals surface area contributed by atoms with Gasteiger partial charge in [-0.2, -0.15) is 0 Å². The van der Waals surface area contributed by atoms with E-state index in [2.05, 4.69) is 5.32 Å². The predicted molar refractivity (Wildman–Crippen MR) is 71.5 cm³/mol. The molecule has 0 bridgehead atoms. The summed E-state index contributed by atoms with van der Waals surface area (Å²) in [6.07, 6.45) is 7.69. The van der Waals surface area contributed by atoms with Gasteiger partial charge in [0.05, 0.1) is 5.92 Å². The van der Waals surface area contributed by atoms with Gasteiger partial charge in [-0.25, -0.2) is 4.79 Å². The molecule has 4 N–H and O–H groups in total. The van der Waals surface area contributed by atoms with Gasteiger partial charge in [-0.3, -0.25) is 4.79 Å². The number of carbonyl (C=O) groups is 2. The van der Waals surface area contributed by atoms with Crippen molar-refractivity contribution in [3.8, 4) is 0 Å². The molecule has 2 fully saturated rings. The van der Waals surface area contributed by atoms with Crippen LogP contribution in [0.25, 0.3) is 0 Å². The van der Waals surface area contributed by atoms with E-state index in [-0.39, 0.29) is 23.8 Å². The molecule has 0 spiro atoms. The number of rotatable bonds is 4. The average Bonchev–Trinajstić information content (AvgIpc) is 2.82. The first kappa shape index (κ1) is 14.3. The molecule has 2 aliphatic rings. The maximum Gasteiger partial charge on any atom is 0.326 e. The van der Waals surface area contributed by atoms with Crippen LogP contribution in [0.5, 0.6) is 0 Å². The molecule has 0 aromatic heterocycles. The molecule has 0 radical (unpaired) electrons. The fourth-order valence-electron chi connectivity index (χ4n) is 3.42. The Kier molecular flexibility index (Phi) is 4.80. The first-order valence-corrected chi connectivity index (χ1v) is 7.38. The first-order valence-electron chi connectivity index (χ1n) is 7.38. The highest BCUT2D eigenvalue weighted by Crippen LogP contribution is 2.28. The van der Waals surface area contributed by atoms with Gasteiger partial charge in [0, 0.05) is 6.04 Å². The summed E-state index contributed by atoms with van der Waals surface area (Å²) in [5.74, 6) is -1.20. The molecule has 5 nitrogen and oxygen atoms in total. The molecular formula is C14H24N2O3. The van der Waals surface area contributed by atoms with Crippen LogP contribution in [-0.2, 0) is 9.59 Å². The SMILES string of the molecule is NC1CCCC1C(=O)NC(C(=O)O)C1CCCCC1. The predicted octanol–water partition coefficient (Wildman–Crippen LogP) is 1.26. The van der Waals surface area contributed by atoms with Gasteiger partial charge in [0.1, 0.15) is 6.04 Å². The lowest BCUT2D eigenvalue weighted by Gasteiger charge is -2.29. The molecule has 19 heavy (non-hydrogen) atoms. The van der Waals surface area contributed by atoms with E-state index in [1.165, 1.54) is 6.42 Å². The van der Waals surface area contributed by atoms with Crippen molar-refractivity contribution in [2.45, 2.75) is 63.5 Å². The second kappa shape index (κ2) is 6.37. The second-order valence-electron chi connectivity index (χ2n) is 5.92. The molecule has 1 amide bonds. The van der Waals surface area contributed by atoms with Crippen LogP contribution < -0.4 is 11.1 Å². The number of nitrogens with two attached hydrogens (primary N) is 1. The first-order chi connectivity index (χ1) is 9.09. The minimum Gasteiger partial charge on any atom is -0.480 e. The zero-order valence-electron chi connectivity index (χ0n) is 11.3. The van der Waals surface area contributed by atoms with E-state index in [0.717, 1.165) is 44.9 Å². The van der Waals surface area contributed by atoms with Crippen LogP contribution in [-0.4, -0.2) is 29.1 Å². The van der Waals surface area contributed by atoms with Crippen LogP contribution >= 0.6 is 0 Å². The molecule has 2 saturated carbocycles. The Bertz CT molecular complexity index is 340. The highest BCUT2D eigenvalue weighted by Gasteiger charge is 2.35. The quantitative estimate of drug-likeness (QED) is 0.715. The normalized spacial score (nSPS) is 29.9. The highest BCUT2D eigenvalue weighted by molar-refractivity contribution is 5.85. The molecule has 0 saturated heterocycles. The van der Waals surface area contributed by atoms with Crippen LogP contribution in [0.1, 0.15) is 51.4 Å². The van der Waals surface area contributed by atoms with E-state index in [0.29, 0.717) is 0 Å². The maximum atomic E-state index is 12.2. The summed E-state index contributed by atoms with van der Waals surface area (Å²) in [6, 6.07) is -0.846. The fourth-order valence-corrected chi connectivity index (χ4v) is 3.42. The molecular weight excluding hydrogens is 244 g/mol. The van der Waals surface area contributed by atoms with E-state index in [1.807, 2.05) is 0 Å². The molecule has 108 valence electrons. The van der Waals surface area contributed by atoms with Crippen molar-refractivity contribution in [3.63, 3.8) is 0 Å². The number of hydrogen-bond donors (Lipinski definition) is 3. The monoisotopic (exact) mass is 268 g/mol. The van der Waals surface area contributed by atoms with E-state index in [1.54, 1.807) is 0 Å². The molecule has 0 aromatic carbocycles. The molecule has 3 unspecified atom stereocenters.